The molecule has 0 saturated heterocycles. The summed E-state index contributed by atoms with van der Waals surface area (Å²) in [6, 6.07) is 9.75. The van der Waals surface area contributed by atoms with Crippen molar-refractivity contribution >= 4 is 11.6 Å². The molecule has 3 rings (SSSR count). The molecule has 0 fully saturated rings. The second kappa shape index (κ2) is 4.65. The Morgan fingerprint density at radius 2 is 2.05 bits per heavy atom. The van der Waals surface area contributed by atoms with E-state index in [0.717, 1.165) is 5.65 Å². The van der Waals surface area contributed by atoms with Gasteiger partial charge >= 0.3 is 5.97 Å². The third-order valence-electron chi connectivity index (χ3n) is 3.00. The third kappa shape index (κ3) is 2.07. The number of nitrogens with zero attached hydrogens (tertiary/aromatic N) is 3. The van der Waals surface area contributed by atoms with Crippen LogP contribution in [0.2, 0.25) is 0 Å². The van der Waals surface area contributed by atoms with Gasteiger partial charge in [-0.3, -0.25) is 9.36 Å². The van der Waals surface area contributed by atoms with E-state index < -0.39 is 5.97 Å². The van der Waals surface area contributed by atoms with Crippen molar-refractivity contribution in [2.45, 2.75) is 6.54 Å². The maximum Gasteiger partial charge on any atom is 0.352 e. The van der Waals surface area contributed by atoms with E-state index in [-0.39, 0.29) is 17.8 Å². The Morgan fingerprint density at radius 1 is 1.20 bits per heavy atom. The molecule has 3 aromatic rings. The highest BCUT2D eigenvalue weighted by atomic mass is 16.4. The second-order valence-electron chi connectivity index (χ2n) is 4.34. The first kappa shape index (κ1) is 12.2. The number of carbonyl (C=O) groups is 1. The van der Waals surface area contributed by atoms with Crippen molar-refractivity contribution < 1.29 is 9.90 Å². The van der Waals surface area contributed by atoms with E-state index in [1.165, 1.54) is 22.8 Å². The minimum Gasteiger partial charge on any atom is -0.477 e. The predicted octanol–water partition coefficient (Wildman–Crippen LogP) is 1.24. The number of carboxylic acids is 1. The molecular weight excluding hydrogens is 258 g/mol. The van der Waals surface area contributed by atoms with E-state index >= 15 is 0 Å². The SMILES string of the molecule is O=C(O)c1cccc(=O)n1Cc1cn2ccccc2n1. The molecule has 0 aliphatic heterocycles. The average molecular weight is 269 g/mol. The first-order chi connectivity index (χ1) is 9.65. The van der Waals surface area contributed by atoms with E-state index in [1.54, 1.807) is 6.20 Å². The fraction of sp³-hybridized carbons (Fsp3) is 0.0714. The lowest BCUT2D eigenvalue weighted by Crippen LogP contribution is -2.25. The number of hydrogen-bond donors (Lipinski definition) is 1. The molecule has 6 heteroatoms. The Kier molecular flexibility index (Phi) is 2.83. The number of fused-ring (bicyclic) bond motifs is 1. The summed E-state index contributed by atoms with van der Waals surface area (Å²) in [6.45, 7) is 0.128. The molecule has 0 saturated carbocycles. The molecule has 0 amide bonds. The normalized spacial score (nSPS) is 10.8. The van der Waals surface area contributed by atoms with Gasteiger partial charge in [0.25, 0.3) is 5.56 Å². The maximum atomic E-state index is 11.8. The Balaban J connectivity index is 2.07. The van der Waals surface area contributed by atoms with Crippen molar-refractivity contribution in [3.05, 3.63) is 70.5 Å². The van der Waals surface area contributed by atoms with Crippen LogP contribution >= 0.6 is 0 Å². The van der Waals surface area contributed by atoms with Crippen LogP contribution in [0.25, 0.3) is 5.65 Å². The number of carboxylic acid groups (broad SMARTS) is 1. The molecule has 0 aromatic carbocycles. The van der Waals surface area contributed by atoms with Gasteiger partial charge in [0.1, 0.15) is 11.3 Å². The van der Waals surface area contributed by atoms with Crippen molar-refractivity contribution in [2.24, 2.45) is 0 Å². The molecule has 0 unspecified atom stereocenters. The molecule has 1 N–H and O–H groups in total. The summed E-state index contributed by atoms with van der Waals surface area (Å²) in [4.78, 5) is 27.3. The lowest BCUT2D eigenvalue weighted by atomic mass is 10.3. The molecule has 3 aromatic heterocycles. The zero-order valence-corrected chi connectivity index (χ0v) is 10.4. The summed E-state index contributed by atoms with van der Waals surface area (Å²) < 4.78 is 3.02. The lowest BCUT2D eigenvalue weighted by molar-refractivity contribution is 0.0684. The zero-order chi connectivity index (χ0) is 14.1. The number of pyridine rings is 2. The third-order valence-corrected chi connectivity index (χ3v) is 3.00. The predicted molar refractivity (Wildman–Crippen MR) is 72.0 cm³/mol. The van der Waals surface area contributed by atoms with Gasteiger partial charge in [0.05, 0.1) is 12.2 Å². The van der Waals surface area contributed by atoms with Crippen molar-refractivity contribution in [3.8, 4) is 0 Å². The first-order valence-corrected chi connectivity index (χ1v) is 6.01. The van der Waals surface area contributed by atoms with Crippen LogP contribution in [0.1, 0.15) is 16.2 Å². The minimum atomic E-state index is -1.13. The summed E-state index contributed by atoms with van der Waals surface area (Å²) in [5.41, 5.74) is 0.979. The standard InChI is InChI=1S/C14H11N3O3/c18-13-6-3-4-11(14(19)20)17(13)9-10-8-16-7-2-1-5-12(16)15-10/h1-8H,9H2,(H,19,20). The van der Waals surface area contributed by atoms with Gasteiger partial charge in [-0.05, 0) is 18.2 Å². The smallest absolute Gasteiger partial charge is 0.352 e. The number of imidazole rings is 1. The largest absolute Gasteiger partial charge is 0.477 e. The summed E-state index contributed by atoms with van der Waals surface area (Å²) in [7, 11) is 0. The minimum absolute atomic E-state index is 0.0467. The fourth-order valence-electron chi connectivity index (χ4n) is 2.10. The lowest BCUT2D eigenvalue weighted by Gasteiger charge is -2.07. The summed E-state index contributed by atoms with van der Waals surface area (Å²) in [6.07, 6.45) is 3.62. The zero-order valence-electron chi connectivity index (χ0n) is 10.4. The molecule has 0 aliphatic rings. The second-order valence-corrected chi connectivity index (χ2v) is 4.34. The van der Waals surface area contributed by atoms with Crippen LogP contribution in [0, 0.1) is 0 Å². The van der Waals surface area contributed by atoms with Crippen molar-refractivity contribution in [1.82, 2.24) is 14.0 Å². The van der Waals surface area contributed by atoms with Crippen LogP contribution in [0.15, 0.2) is 53.6 Å². The topological polar surface area (TPSA) is 76.6 Å². The van der Waals surface area contributed by atoms with E-state index in [4.69, 9.17) is 5.11 Å². The van der Waals surface area contributed by atoms with Gasteiger partial charge in [0.2, 0.25) is 0 Å². The Hall–Kier alpha value is -2.89. The van der Waals surface area contributed by atoms with E-state index in [2.05, 4.69) is 4.98 Å². The van der Waals surface area contributed by atoms with Gasteiger partial charge in [-0.1, -0.05) is 12.1 Å². The summed E-state index contributed by atoms with van der Waals surface area (Å²) in [5.74, 6) is -1.13. The summed E-state index contributed by atoms with van der Waals surface area (Å²) in [5, 5.41) is 9.12. The molecule has 3 heterocycles. The molecule has 0 spiro atoms. The Morgan fingerprint density at radius 3 is 2.80 bits per heavy atom. The molecule has 100 valence electrons. The number of rotatable bonds is 3. The van der Waals surface area contributed by atoms with Gasteiger partial charge < -0.3 is 9.51 Å². The van der Waals surface area contributed by atoms with Crippen LogP contribution in [0.4, 0.5) is 0 Å². The molecule has 0 radical (unpaired) electrons. The fourth-order valence-corrected chi connectivity index (χ4v) is 2.10. The molecule has 0 bridgehead atoms. The Labute approximate surface area is 113 Å². The number of hydrogen-bond acceptors (Lipinski definition) is 3. The molecule has 0 atom stereocenters. The van der Waals surface area contributed by atoms with Gasteiger partial charge in [0, 0.05) is 18.5 Å². The first-order valence-electron chi connectivity index (χ1n) is 6.01. The molecule has 20 heavy (non-hydrogen) atoms. The summed E-state index contributed by atoms with van der Waals surface area (Å²) >= 11 is 0. The maximum absolute atomic E-state index is 11.8. The molecule has 6 nitrogen and oxygen atoms in total. The Bertz CT molecular complexity index is 815. The van der Waals surface area contributed by atoms with E-state index in [9.17, 15) is 9.59 Å². The van der Waals surface area contributed by atoms with E-state index in [0.29, 0.717) is 5.69 Å². The monoisotopic (exact) mass is 269 g/mol. The van der Waals surface area contributed by atoms with Crippen LogP contribution in [-0.2, 0) is 6.54 Å². The quantitative estimate of drug-likeness (QED) is 0.776. The molecule has 0 aliphatic carbocycles. The van der Waals surface area contributed by atoms with Gasteiger partial charge in [-0.25, -0.2) is 9.78 Å². The number of aromatic nitrogens is 3. The van der Waals surface area contributed by atoms with E-state index in [1.807, 2.05) is 28.8 Å². The van der Waals surface area contributed by atoms with Crippen molar-refractivity contribution in [3.63, 3.8) is 0 Å². The highest BCUT2D eigenvalue weighted by Gasteiger charge is 2.12. The van der Waals surface area contributed by atoms with Crippen LogP contribution in [0.5, 0.6) is 0 Å². The highest BCUT2D eigenvalue weighted by Crippen LogP contribution is 2.07. The van der Waals surface area contributed by atoms with Crippen LogP contribution in [0.3, 0.4) is 0 Å². The van der Waals surface area contributed by atoms with Crippen molar-refractivity contribution in [1.29, 1.82) is 0 Å². The molecular formula is C14H11N3O3. The van der Waals surface area contributed by atoms with Crippen LogP contribution < -0.4 is 5.56 Å². The number of aromatic carboxylic acids is 1. The average Bonchev–Trinajstić information content (AvgIpc) is 2.83. The van der Waals surface area contributed by atoms with Gasteiger partial charge in [0.15, 0.2) is 0 Å². The highest BCUT2D eigenvalue weighted by molar-refractivity contribution is 5.85. The van der Waals surface area contributed by atoms with Gasteiger partial charge in [-0.15, -0.1) is 0 Å². The van der Waals surface area contributed by atoms with Crippen molar-refractivity contribution in [2.75, 3.05) is 0 Å². The van der Waals surface area contributed by atoms with Gasteiger partial charge in [-0.2, -0.15) is 0 Å². The van der Waals surface area contributed by atoms with Crippen LogP contribution in [-0.4, -0.2) is 25.0 Å².